The molecule has 2 N–H and O–H groups in total. The lowest BCUT2D eigenvalue weighted by molar-refractivity contribution is 0.303. The van der Waals surface area contributed by atoms with E-state index in [1.165, 1.54) is 11.3 Å². The Labute approximate surface area is 125 Å². The Morgan fingerprint density at radius 2 is 2.05 bits per heavy atom. The highest BCUT2D eigenvalue weighted by atomic mass is 32.1. The number of hydrogen-bond donors (Lipinski definition) is 2. The summed E-state index contributed by atoms with van der Waals surface area (Å²) in [6.45, 7) is 5.68. The predicted octanol–water partition coefficient (Wildman–Crippen LogP) is 3.09. The van der Waals surface area contributed by atoms with Gasteiger partial charge in [-0.2, -0.15) is 0 Å². The summed E-state index contributed by atoms with van der Waals surface area (Å²) in [5.41, 5.74) is 9.79. The van der Waals surface area contributed by atoms with Crippen LogP contribution in [-0.4, -0.2) is 15.3 Å². The number of aryl methyl sites for hydroxylation is 1. The zero-order valence-electron chi connectivity index (χ0n) is 11.3. The topological polar surface area (TPSA) is 75.9 Å². The predicted molar refractivity (Wildman–Crippen MR) is 82.4 cm³/mol. The molecule has 0 radical (unpaired) electrons. The van der Waals surface area contributed by atoms with E-state index in [0.29, 0.717) is 17.1 Å². The van der Waals surface area contributed by atoms with Crippen LogP contribution in [0.1, 0.15) is 11.4 Å². The van der Waals surface area contributed by atoms with Crippen LogP contribution in [0.5, 0.6) is 0 Å². The van der Waals surface area contributed by atoms with Gasteiger partial charge < -0.3 is 0 Å². The fourth-order valence-electron chi connectivity index (χ4n) is 1.77. The maximum absolute atomic E-state index is 4.64. The first-order valence-electron chi connectivity index (χ1n) is 6.25. The number of anilines is 1. The molecular weight excluding hydrogens is 286 g/mol. The van der Waals surface area contributed by atoms with Crippen molar-refractivity contribution in [1.29, 1.82) is 0 Å². The minimum absolute atomic E-state index is 0.574. The van der Waals surface area contributed by atoms with Gasteiger partial charge in [0.25, 0.3) is 0 Å². The van der Waals surface area contributed by atoms with Gasteiger partial charge in [-0.15, -0.1) is 11.3 Å². The molecule has 3 aromatic rings. The van der Waals surface area contributed by atoms with E-state index in [4.69, 9.17) is 0 Å². The fourth-order valence-corrected chi connectivity index (χ4v) is 2.44. The molecule has 1 aromatic carbocycles. The molecule has 6 nitrogen and oxygen atoms in total. The molecule has 3 rings (SSSR count). The molecule has 0 aliphatic carbocycles. The molecule has 21 heavy (non-hydrogen) atoms. The van der Waals surface area contributed by atoms with Gasteiger partial charge >= 0.3 is 0 Å². The molecule has 0 fully saturated rings. The molecule has 2 heterocycles. The van der Waals surface area contributed by atoms with Crippen LogP contribution in [0.4, 0.5) is 5.13 Å². The Kier molecular flexibility index (Phi) is 3.65. The SMILES string of the molecule is C=C(NNc1nc(-c2ccccc2)cs1)c1nonc1C. The second-order valence-corrected chi connectivity index (χ2v) is 5.19. The lowest BCUT2D eigenvalue weighted by atomic mass is 10.2. The number of aromatic nitrogens is 3. The van der Waals surface area contributed by atoms with Gasteiger partial charge in [0.05, 0.1) is 11.4 Å². The average Bonchev–Trinajstić information content (AvgIpc) is 3.15. The van der Waals surface area contributed by atoms with E-state index in [2.05, 4.69) is 37.4 Å². The summed E-state index contributed by atoms with van der Waals surface area (Å²) in [6.07, 6.45) is 0. The van der Waals surface area contributed by atoms with Crippen LogP contribution in [0.3, 0.4) is 0 Å². The number of rotatable bonds is 5. The highest BCUT2D eigenvalue weighted by molar-refractivity contribution is 7.14. The minimum atomic E-state index is 0.574. The van der Waals surface area contributed by atoms with E-state index in [9.17, 15) is 0 Å². The third kappa shape index (κ3) is 2.92. The molecule has 0 amide bonds. The number of nitrogens with zero attached hydrogens (tertiary/aromatic N) is 3. The van der Waals surface area contributed by atoms with Crippen molar-refractivity contribution in [3.8, 4) is 11.3 Å². The summed E-state index contributed by atoms with van der Waals surface area (Å²) in [6, 6.07) is 10.0. The van der Waals surface area contributed by atoms with Crippen LogP contribution >= 0.6 is 11.3 Å². The molecule has 0 aliphatic rings. The molecule has 0 saturated heterocycles. The van der Waals surface area contributed by atoms with Crippen molar-refractivity contribution in [2.75, 3.05) is 5.43 Å². The summed E-state index contributed by atoms with van der Waals surface area (Å²) >= 11 is 1.50. The molecule has 0 unspecified atom stereocenters. The van der Waals surface area contributed by atoms with Gasteiger partial charge in [-0.3, -0.25) is 10.9 Å². The van der Waals surface area contributed by atoms with E-state index in [1.807, 2.05) is 35.7 Å². The van der Waals surface area contributed by atoms with Crippen LogP contribution in [0, 0.1) is 6.92 Å². The number of thiazole rings is 1. The average molecular weight is 299 g/mol. The van der Waals surface area contributed by atoms with Crippen LogP contribution < -0.4 is 10.9 Å². The molecule has 2 aromatic heterocycles. The maximum Gasteiger partial charge on any atom is 0.202 e. The molecule has 106 valence electrons. The third-order valence-electron chi connectivity index (χ3n) is 2.83. The zero-order chi connectivity index (χ0) is 14.7. The minimum Gasteiger partial charge on any atom is -0.297 e. The largest absolute Gasteiger partial charge is 0.297 e. The van der Waals surface area contributed by atoms with E-state index >= 15 is 0 Å². The first-order chi connectivity index (χ1) is 10.2. The van der Waals surface area contributed by atoms with Gasteiger partial charge in [0.2, 0.25) is 5.13 Å². The van der Waals surface area contributed by atoms with Gasteiger partial charge in [0, 0.05) is 10.9 Å². The highest BCUT2D eigenvalue weighted by Gasteiger charge is 2.09. The van der Waals surface area contributed by atoms with Gasteiger partial charge in [0.1, 0.15) is 5.69 Å². The second-order valence-electron chi connectivity index (χ2n) is 4.33. The van der Waals surface area contributed by atoms with Crippen LogP contribution in [-0.2, 0) is 0 Å². The van der Waals surface area contributed by atoms with Crippen LogP contribution in [0.25, 0.3) is 17.0 Å². The van der Waals surface area contributed by atoms with Crippen LogP contribution in [0.15, 0.2) is 46.9 Å². The standard InChI is InChI=1S/C14H13N5OS/c1-9(13-10(2)18-20-19-13)16-17-14-15-12(8-21-14)11-6-4-3-5-7-11/h3-8,16H,1H2,2H3,(H,15,17). The highest BCUT2D eigenvalue weighted by Crippen LogP contribution is 2.24. The zero-order valence-corrected chi connectivity index (χ0v) is 12.1. The molecule has 0 atom stereocenters. The summed E-state index contributed by atoms with van der Waals surface area (Å²) in [7, 11) is 0. The third-order valence-corrected chi connectivity index (χ3v) is 3.59. The first kappa shape index (κ1) is 13.3. The monoisotopic (exact) mass is 299 g/mol. The quantitative estimate of drug-likeness (QED) is 0.705. The van der Waals surface area contributed by atoms with Gasteiger partial charge in [-0.25, -0.2) is 9.61 Å². The van der Waals surface area contributed by atoms with Gasteiger partial charge in [-0.1, -0.05) is 42.1 Å². The van der Waals surface area contributed by atoms with E-state index < -0.39 is 0 Å². The number of hydrazine groups is 1. The summed E-state index contributed by atoms with van der Waals surface area (Å²) in [4.78, 5) is 4.50. The maximum atomic E-state index is 4.64. The van der Waals surface area contributed by atoms with Crippen molar-refractivity contribution in [2.24, 2.45) is 0 Å². The smallest absolute Gasteiger partial charge is 0.202 e. The van der Waals surface area contributed by atoms with Crippen molar-refractivity contribution in [1.82, 2.24) is 20.7 Å². The van der Waals surface area contributed by atoms with E-state index in [1.54, 1.807) is 6.92 Å². The molecule has 7 heteroatoms. The molecule has 0 saturated carbocycles. The Morgan fingerprint density at radius 3 is 2.76 bits per heavy atom. The summed E-state index contributed by atoms with van der Waals surface area (Å²) in [5.74, 6) is 0. The molecular formula is C14H13N5OS. The van der Waals surface area contributed by atoms with Gasteiger partial charge in [-0.05, 0) is 12.1 Å². The Bertz CT molecular complexity index is 750. The van der Waals surface area contributed by atoms with Crippen molar-refractivity contribution in [3.05, 3.63) is 53.7 Å². The Morgan fingerprint density at radius 1 is 1.24 bits per heavy atom. The molecule has 0 spiro atoms. The lowest BCUT2D eigenvalue weighted by Gasteiger charge is -2.07. The number of benzene rings is 1. The number of hydrogen-bond acceptors (Lipinski definition) is 7. The van der Waals surface area contributed by atoms with Gasteiger partial charge in [0.15, 0.2) is 5.69 Å². The van der Waals surface area contributed by atoms with E-state index in [0.717, 1.165) is 16.4 Å². The normalized spacial score (nSPS) is 10.3. The van der Waals surface area contributed by atoms with Crippen LogP contribution in [0.2, 0.25) is 0 Å². The molecule has 0 bridgehead atoms. The van der Waals surface area contributed by atoms with Crippen molar-refractivity contribution in [2.45, 2.75) is 6.92 Å². The fraction of sp³-hybridized carbons (Fsp3) is 0.0714. The van der Waals surface area contributed by atoms with Crippen molar-refractivity contribution in [3.63, 3.8) is 0 Å². The van der Waals surface area contributed by atoms with Crippen molar-refractivity contribution >= 4 is 22.2 Å². The molecule has 0 aliphatic heterocycles. The Hall–Kier alpha value is -2.67. The Balaban J connectivity index is 1.66. The summed E-state index contributed by atoms with van der Waals surface area (Å²) in [5, 5.41) is 10.2. The van der Waals surface area contributed by atoms with E-state index in [-0.39, 0.29) is 0 Å². The second kappa shape index (κ2) is 5.76. The van der Waals surface area contributed by atoms with Crippen molar-refractivity contribution < 1.29 is 4.63 Å². The lowest BCUT2D eigenvalue weighted by Crippen LogP contribution is -2.19. The summed E-state index contributed by atoms with van der Waals surface area (Å²) < 4.78 is 4.64. The first-order valence-corrected chi connectivity index (χ1v) is 7.13. The number of nitrogens with one attached hydrogen (secondary N) is 2.